The summed E-state index contributed by atoms with van der Waals surface area (Å²) in [7, 11) is 0. The predicted molar refractivity (Wildman–Crippen MR) is 83.0 cm³/mol. The van der Waals surface area contributed by atoms with Gasteiger partial charge in [-0.05, 0) is 32.4 Å². The molecule has 0 spiro atoms. The zero-order valence-corrected chi connectivity index (χ0v) is 12.6. The number of amides is 1. The highest BCUT2D eigenvalue weighted by atomic mass is 16.2. The molecule has 1 saturated heterocycles. The molecule has 3 nitrogen and oxygen atoms in total. The Kier molecular flexibility index (Phi) is 4.96. The van der Waals surface area contributed by atoms with Gasteiger partial charge in [-0.1, -0.05) is 29.8 Å². The molecule has 2 rings (SSSR count). The van der Waals surface area contributed by atoms with Crippen LogP contribution in [0.4, 0.5) is 0 Å². The van der Waals surface area contributed by atoms with Crippen LogP contribution in [0.25, 0.3) is 0 Å². The Balaban J connectivity index is 1.99. The van der Waals surface area contributed by atoms with Crippen molar-refractivity contribution in [2.45, 2.75) is 20.3 Å². The molecule has 1 aliphatic rings. The summed E-state index contributed by atoms with van der Waals surface area (Å²) in [5, 5.41) is 0. The molecule has 108 valence electrons. The monoisotopic (exact) mass is 272 g/mol. The van der Waals surface area contributed by atoms with Crippen LogP contribution in [-0.4, -0.2) is 48.4 Å². The van der Waals surface area contributed by atoms with Crippen molar-refractivity contribution in [3.8, 4) is 0 Å². The Morgan fingerprint density at radius 3 is 2.75 bits per heavy atom. The molecule has 1 aromatic carbocycles. The molecule has 20 heavy (non-hydrogen) atoms. The second-order valence-electron chi connectivity index (χ2n) is 5.75. The summed E-state index contributed by atoms with van der Waals surface area (Å²) in [6.45, 7) is 12.6. The van der Waals surface area contributed by atoms with Crippen LogP contribution >= 0.6 is 0 Å². The Labute approximate surface area is 121 Å². The second-order valence-corrected chi connectivity index (χ2v) is 5.75. The van der Waals surface area contributed by atoms with Crippen LogP contribution in [0, 0.1) is 6.92 Å². The van der Waals surface area contributed by atoms with Crippen molar-refractivity contribution in [2.24, 2.45) is 0 Å². The highest BCUT2D eigenvalue weighted by Crippen LogP contribution is 2.11. The molecule has 0 N–H and O–H groups in total. The van der Waals surface area contributed by atoms with Crippen molar-refractivity contribution < 1.29 is 4.79 Å². The summed E-state index contributed by atoms with van der Waals surface area (Å²) < 4.78 is 0. The van der Waals surface area contributed by atoms with Gasteiger partial charge in [0.1, 0.15) is 0 Å². The van der Waals surface area contributed by atoms with Crippen molar-refractivity contribution in [3.63, 3.8) is 0 Å². The van der Waals surface area contributed by atoms with E-state index in [1.54, 1.807) is 0 Å². The molecule has 1 amide bonds. The van der Waals surface area contributed by atoms with Gasteiger partial charge in [-0.25, -0.2) is 0 Å². The Hall–Kier alpha value is -1.61. The fourth-order valence-electron chi connectivity index (χ4n) is 2.67. The third-order valence-electron chi connectivity index (χ3n) is 3.63. The maximum absolute atomic E-state index is 12.5. The number of rotatable bonds is 3. The van der Waals surface area contributed by atoms with Gasteiger partial charge in [-0.2, -0.15) is 0 Å². The van der Waals surface area contributed by atoms with E-state index in [1.807, 2.05) is 36.1 Å². The Morgan fingerprint density at radius 2 is 2.05 bits per heavy atom. The standard InChI is InChI=1S/C17H24N2O/c1-14(2)13-18-8-5-9-19(11-10-18)17(20)16-7-4-6-15(3)12-16/h4,6-7,12H,1,5,8-11,13H2,2-3H3. The van der Waals surface area contributed by atoms with Gasteiger partial charge in [0, 0.05) is 38.3 Å². The third-order valence-corrected chi connectivity index (χ3v) is 3.63. The number of hydrogen-bond acceptors (Lipinski definition) is 2. The van der Waals surface area contributed by atoms with Gasteiger partial charge in [0.15, 0.2) is 0 Å². The summed E-state index contributed by atoms with van der Waals surface area (Å²) in [4.78, 5) is 16.9. The smallest absolute Gasteiger partial charge is 0.253 e. The van der Waals surface area contributed by atoms with Crippen molar-refractivity contribution in [2.75, 3.05) is 32.7 Å². The highest BCUT2D eigenvalue weighted by Gasteiger charge is 2.20. The minimum Gasteiger partial charge on any atom is -0.337 e. The predicted octanol–water partition coefficient (Wildman–Crippen LogP) is 2.72. The molecule has 1 heterocycles. The maximum Gasteiger partial charge on any atom is 0.253 e. The minimum atomic E-state index is 0.158. The van der Waals surface area contributed by atoms with Crippen molar-refractivity contribution in [3.05, 3.63) is 47.5 Å². The molecule has 0 aliphatic carbocycles. The molecular formula is C17H24N2O. The number of hydrogen-bond donors (Lipinski definition) is 0. The summed E-state index contributed by atoms with van der Waals surface area (Å²) in [6.07, 6.45) is 1.03. The first-order valence-electron chi connectivity index (χ1n) is 7.29. The fraction of sp³-hybridized carbons (Fsp3) is 0.471. The zero-order chi connectivity index (χ0) is 14.5. The summed E-state index contributed by atoms with van der Waals surface area (Å²) >= 11 is 0. The number of carbonyl (C=O) groups excluding carboxylic acids is 1. The fourth-order valence-corrected chi connectivity index (χ4v) is 2.67. The SMILES string of the molecule is C=C(C)CN1CCCN(C(=O)c2cccc(C)c2)CC1. The number of nitrogens with zero attached hydrogens (tertiary/aromatic N) is 2. The lowest BCUT2D eigenvalue weighted by molar-refractivity contribution is 0.0762. The normalized spacial score (nSPS) is 16.8. The van der Waals surface area contributed by atoms with Gasteiger partial charge in [-0.15, -0.1) is 0 Å². The van der Waals surface area contributed by atoms with E-state index in [1.165, 1.54) is 5.57 Å². The van der Waals surface area contributed by atoms with E-state index >= 15 is 0 Å². The molecule has 0 atom stereocenters. The quantitative estimate of drug-likeness (QED) is 0.790. The van der Waals surface area contributed by atoms with Crippen LogP contribution in [0.15, 0.2) is 36.4 Å². The van der Waals surface area contributed by atoms with Crippen LogP contribution in [0.5, 0.6) is 0 Å². The van der Waals surface area contributed by atoms with Crippen molar-refractivity contribution >= 4 is 5.91 Å². The molecule has 1 fully saturated rings. The molecule has 3 heteroatoms. The van der Waals surface area contributed by atoms with E-state index in [2.05, 4.69) is 18.4 Å². The van der Waals surface area contributed by atoms with Crippen molar-refractivity contribution in [1.29, 1.82) is 0 Å². The van der Waals surface area contributed by atoms with Crippen LogP contribution in [0.3, 0.4) is 0 Å². The van der Waals surface area contributed by atoms with Crippen LogP contribution in [-0.2, 0) is 0 Å². The first kappa shape index (κ1) is 14.8. The molecular weight excluding hydrogens is 248 g/mol. The van der Waals surface area contributed by atoms with Crippen molar-refractivity contribution in [1.82, 2.24) is 9.80 Å². The van der Waals surface area contributed by atoms with Gasteiger partial charge in [0.05, 0.1) is 0 Å². The molecule has 0 saturated carbocycles. The van der Waals surface area contributed by atoms with Crippen LogP contribution < -0.4 is 0 Å². The van der Waals surface area contributed by atoms with Gasteiger partial charge in [0.2, 0.25) is 0 Å². The van der Waals surface area contributed by atoms with Gasteiger partial charge < -0.3 is 4.90 Å². The first-order chi connectivity index (χ1) is 9.56. The highest BCUT2D eigenvalue weighted by molar-refractivity contribution is 5.94. The summed E-state index contributed by atoms with van der Waals surface area (Å²) in [6, 6.07) is 7.85. The van der Waals surface area contributed by atoms with E-state index in [4.69, 9.17) is 0 Å². The first-order valence-corrected chi connectivity index (χ1v) is 7.29. The van der Waals surface area contributed by atoms with Gasteiger partial charge in [0.25, 0.3) is 5.91 Å². The molecule has 1 aromatic rings. The van der Waals surface area contributed by atoms with Crippen LogP contribution in [0.1, 0.15) is 29.3 Å². The van der Waals surface area contributed by atoms with Crippen LogP contribution in [0.2, 0.25) is 0 Å². The zero-order valence-electron chi connectivity index (χ0n) is 12.6. The summed E-state index contributed by atoms with van der Waals surface area (Å²) in [5.74, 6) is 0.158. The lowest BCUT2D eigenvalue weighted by Gasteiger charge is -2.22. The van der Waals surface area contributed by atoms with Gasteiger partial charge >= 0.3 is 0 Å². The van der Waals surface area contributed by atoms with E-state index in [9.17, 15) is 4.79 Å². The third kappa shape index (κ3) is 3.94. The molecule has 0 unspecified atom stereocenters. The minimum absolute atomic E-state index is 0.158. The van der Waals surface area contributed by atoms with Gasteiger partial charge in [-0.3, -0.25) is 9.69 Å². The van der Waals surface area contributed by atoms with E-state index in [-0.39, 0.29) is 5.91 Å². The summed E-state index contributed by atoms with van der Waals surface area (Å²) in [5.41, 5.74) is 3.12. The van der Waals surface area contributed by atoms with E-state index in [0.29, 0.717) is 0 Å². The molecule has 0 aromatic heterocycles. The number of benzene rings is 1. The molecule has 0 radical (unpaired) electrons. The van der Waals surface area contributed by atoms with E-state index < -0.39 is 0 Å². The lowest BCUT2D eigenvalue weighted by atomic mass is 10.1. The average Bonchev–Trinajstić information content (AvgIpc) is 2.63. The average molecular weight is 272 g/mol. The topological polar surface area (TPSA) is 23.6 Å². The Bertz CT molecular complexity index is 496. The number of aryl methyl sites for hydroxylation is 1. The maximum atomic E-state index is 12.5. The Morgan fingerprint density at radius 1 is 1.25 bits per heavy atom. The largest absolute Gasteiger partial charge is 0.337 e. The molecule has 0 bridgehead atoms. The lowest BCUT2D eigenvalue weighted by Crippen LogP contribution is -2.35. The molecule has 1 aliphatic heterocycles. The number of carbonyl (C=O) groups is 1. The second kappa shape index (κ2) is 6.71. The van der Waals surface area contributed by atoms with E-state index in [0.717, 1.165) is 50.3 Å².